The van der Waals surface area contributed by atoms with Crippen LogP contribution in [0.1, 0.15) is 24.2 Å². The average molecular weight is 364 g/mol. The normalized spacial score (nSPS) is 10.3. The Hall–Kier alpha value is -3.16. The van der Waals surface area contributed by atoms with Crippen molar-refractivity contribution in [1.82, 2.24) is 0 Å². The van der Waals surface area contributed by atoms with Gasteiger partial charge < -0.3 is 10.2 Å². The summed E-state index contributed by atoms with van der Waals surface area (Å²) in [6.45, 7) is 1.80. The number of benzene rings is 2. The van der Waals surface area contributed by atoms with Crippen LogP contribution in [0.3, 0.4) is 0 Å². The Morgan fingerprint density at radius 2 is 1.69 bits per heavy atom. The highest BCUT2D eigenvalue weighted by molar-refractivity contribution is 6.02. The fourth-order valence-electron chi connectivity index (χ4n) is 2.25. The van der Waals surface area contributed by atoms with Gasteiger partial charge >= 0.3 is 0 Å². The highest BCUT2D eigenvalue weighted by Crippen LogP contribution is 2.24. The Kier molecular flexibility index (Phi) is 5.76. The van der Waals surface area contributed by atoms with E-state index in [0.29, 0.717) is 22.2 Å². The van der Waals surface area contributed by atoms with Gasteiger partial charge in [0.2, 0.25) is 11.8 Å². The van der Waals surface area contributed by atoms with Crippen molar-refractivity contribution >= 4 is 29.0 Å². The van der Waals surface area contributed by atoms with E-state index in [-0.39, 0.29) is 5.78 Å². The van der Waals surface area contributed by atoms with Gasteiger partial charge in [0.05, 0.1) is 5.69 Å². The topological polar surface area (TPSA) is 66.5 Å². The predicted molar refractivity (Wildman–Crippen MR) is 89.4 cm³/mol. The highest BCUT2D eigenvalue weighted by Gasteiger charge is 2.23. The summed E-state index contributed by atoms with van der Waals surface area (Å²) in [4.78, 5) is 35.9. The van der Waals surface area contributed by atoms with Crippen molar-refractivity contribution in [3.8, 4) is 0 Å². The van der Waals surface area contributed by atoms with Gasteiger partial charge in [0.1, 0.15) is 6.54 Å². The number of nitrogens with zero attached hydrogens (tertiary/aromatic N) is 1. The van der Waals surface area contributed by atoms with Gasteiger partial charge in [-0.25, -0.2) is 13.2 Å². The van der Waals surface area contributed by atoms with Crippen molar-refractivity contribution in [2.45, 2.75) is 13.8 Å². The molecule has 0 radical (unpaired) electrons. The van der Waals surface area contributed by atoms with E-state index in [4.69, 9.17) is 0 Å². The molecule has 0 saturated heterocycles. The molecule has 0 atom stereocenters. The zero-order valence-electron chi connectivity index (χ0n) is 14.0. The van der Waals surface area contributed by atoms with Crippen LogP contribution in [0.5, 0.6) is 0 Å². The van der Waals surface area contributed by atoms with E-state index in [1.165, 1.54) is 19.1 Å². The Labute approximate surface area is 147 Å². The second-order valence-corrected chi connectivity index (χ2v) is 5.48. The third-order valence-electron chi connectivity index (χ3n) is 3.54. The number of carbonyl (C=O) groups excluding carboxylic acids is 3. The summed E-state index contributed by atoms with van der Waals surface area (Å²) in [6, 6.07) is 7.63. The first-order chi connectivity index (χ1) is 12.2. The number of amides is 2. The van der Waals surface area contributed by atoms with E-state index in [1.54, 1.807) is 12.1 Å². The number of rotatable bonds is 5. The number of ketones is 1. The van der Waals surface area contributed by atoms with E-state index >= 15 is 0 Å². The molecule has 2 aromatic rings. The maximum Gasteiger partial charge on any atom is 0.244 e. The standard InChI is InChI=1S/C18H15F3N2O3/c1-10(24)12-4-3-5-13(8-12)22-16(26)9-23(11(2)25)15-7-6-14(19)17(20)18(15)21/h3-8H,9H2,1-2H3,(H,22,26). The van der Waals surface area contributed by atoms with Crippen LogP contribution < -0.4 is 10.2 Å². The molecule has 0 fully saturated rings. The molecule has 2 rings (SSSR count). The maximum absolute atomic E-state index is 13.9. The summed E-state index contributed by atoms with van der Waals surface area (Å²) < 4.78 is 40.4. The maximum atomic E-state index is 13.9. The third kappa shape index (κ3) is 4.27. The molecule has 1 N–H and O–H groups in total. The van der Waals surface area contributed by atoms with Gasteiger partial charge in [-0.1, -0.05) is 12.1 Å². The fourth-order valence-corrected chi connectivity index (χ4v) is 2.25. The number of nitrogens with one attached hydrogen (secondary N) is 1. The van der Waals surface area contributed by atoms with Crippen molar-refractivity contribution in [2.24, 2.45) is 0 Å². The molecule has 136 valence electrons. The van der Waals surface area contributed by atoms with E-state index in [0.717, 1.165) is 13.0 Å². The summed E-state index contributed by atoms with van der Waals surface area (Å²) in [6.07, 6.45) is 0. The smallest absolute Gasteiger partial charge is 0.244 e. The molecule has 8 heteroatoms. The van der Waals surface area contributed by atoms with Crippen LogP contribution in [0, 0.1) is 17.5 Å². The van der Waals surface area contributed by atoms with Gasteiger partial charge in [0.25, 0.3) is 0 Å². The fraction of sp³-hybridized carbons (Fsp3) is 0.167. The van der Waals surface area contributed by atoms with Crippen molar-refractivity contribution in [3.63, 3.8) is 0 Å². The molecule has 5 nitrogen and oxygen atoms in total. The summed E-state index contributed by atoms with van der Waals surface area (Å²) in [5.41, 5.74) is 0.124. The second kappa shape index (κ2) is 7.81. The number of Topliss-reactive ketones (excluding diaryl/α,β-unsaturated/α-hetero) is 1. The zero-order chi connectivity index (χ0) is 19.4. The number of hydrogen-bond donors (Lipinski definition) is 1. The minimum atomic E-state index is -1.73. The second-order valence-electron chi connectivity index (χ2n) is 5.48. The lowest BCUT2D eigenvalue weighted by Crippen LogP contribution is -2.37. The molecular weight excluding hydrogens is 349 g/mol. The molecule has 0 aliphatic carbocycles. The molecule has 0 aromatic heterocycles. The lowest BCUT2D eigenvalue weighted by molar-refractivity contribution is -0.120. The first-order valence-corrected chi connectivity index (χ1v) is 7.53. The number of halogens is 3. The van der Waals surface area contributed by atoms with Crippen LogP contribution in [-0.4, -0.2) is 24.1 Å². The molecule has 26 heavy (non-hydrogen) atoms. The van der Waals surface area contributed by atoms with E-state index < -0.39 is 41.5 Å². The monoisotopic (exact) mass is 364 g/mol. The van der Waals surface area contributed by atoms with Gasteiger partial charge in [-0.3, -0.25) is 14.4 Å². The molecule has 2 aromatic carbocycles. The van der Waals surface area contributed by atoms with E-state index in [2.05, 4.69) is 5.32 Å². The lowest BCUT2D eigenvalue weighted by Gasteiger charge is -2.21. The average Bonchev–Trinajstić information content (AvgIpc) is 2.58. The van der Waals surface area contributed by atoms with Gasteiger partial charge in [0.15, 0.2) is 23.2 Å². The molecule has 0 aliphatic heterocycles. The lowest BCUT2D eigenvalue weighted by atomic mass is 10.1. The minimum Gasteiger partial charge on any atom is -0.325 e. The van der Waals surface area contributed by atoms with Crippen molar-refractivity contribution < 1.29 is 27.6 Å². The highest BCUT2D eigenvalue weighted by atomic mass is 19.2. The first kappa shape index (κ1) is 19.2. The molecule has 2 amide bonds. The summed E-state index contributed by atoms with van der Waals surface area (Å²) in [7, 11) is 0. The zero-order valence-corrected chi connectivity index (χ0v) is 14.0. The minimum absolute atomic E-state index is 0.199. The Bertz CT molecular complexity index is 884. The van der Waals surface area contributed by atoms with E-state index in [9.17, 15) is 27.6 Å². The van der Waals surface area contributed by atoms with Gasteiger partial charge in [0, 0.05) is 18.2 Å². The van der Waals surface area contributed by atoms with Crippen LogP contribution in [0.25, 0.3) is 0 Å². The molecule has 0 bridgehead atoms. The van der Waals surface area contributed by atoms with Crippen LogP contribution in [-0.2, 0) is 9.59 Å². The van der Waals surface area contributed by atoms with Gasteiger partial charge in [-0.05, 0) is 31.2 Å². The predicted octanol–water partition coefficient (Wildman–Crippen LogP) is 3.30. The van der Waals surface area contributed by atoms with Crippen molar-refractivity contribution in [2.75, 3.05) is 16.8 Å². The number of hydrogen-bond acceptors (Lipinski definition) is 3. The number of carbonyl (C=O) groups is 3. The SMILES string of the molecule is CC(=O)c1cccc(NC(=O)CN(C(C)=O)c2ccc(F)c(F)c2F)c1. The van der Waals surface area contributed by atoms with Crippen LogP contribution >= 0.6 is 0 Å². The van der Waals surface area contributed by atoms with Crippen molar-refractivity contribution in [3.05, 3.63) is 59.4 Å². The Balaban J connectivity index is 2.22. The summed E-state index contributed by atoms with van der Waals surface area (Å²) in [5, 5.41) is 2.46. The van der Waals surface area contributed by atoms with Crippen LogP contribution in [0.4, 0.5) is 24.5 Å². The quantitative estimate of drug-likeness (QED) is 0.654. The molecule has 0 saturated carbocycles. The van der Waals surface area contributed by atoms with Crippen LogP contribution in [0.15, 0.2) is 36.4 Å². The van der Waals surface area contributed by atoms with Gasteiger partial charge in [-0.15, -0.1) is 0 Å². The van der Waals surface area contributed by atoms with Crippen molar-refractivity contribution in [1.29, 1.82) is 0 Å². The Morgan fingerprint density at radius 1 is 1.00 bits per heavy atom. The molecule has 0 aliphatic rings. The summed E-state index contributed by atoms with van der Waals surface area (Å²) >= 11 is 0. The van der Waals surface area contributed by atoms with Crippen LogP contribution in [0.2, 0.25) is 0 Å². The third-order valence-corrected chi connectivity index (χ3v) is 3.54. The number of anilines is 2. The first-order valence-electron chi connectivity index (χ1n) is 7.53. The molecule has 0 heterocycles. The molecular formula is C18H15F3N2O3. The molecule has 0 spiro atoms. The Morgan fingerprint density at radius 3 is 2.31 bits per heavy atom. The van der Waals surface area contributed by atoms with Gasteiger partial charge in [-0.2, -0.15) is 0 Å². The summed E-state index contributed by atoms with van der Waals surface area (Å²) in [5.74, 6) is -6.34. The largest absolute Gasteiger partial charge is 0.325 e. The van der Waals surface area contributed by atoms with E-state index in [1.807, 2.05) is 0 Å². The molecule has 0 unspecified atom stereocenters.